The molecule has 2 heterocycles. The van der Waals surface area contributed by atoms with Gasteiger partial charge in [0.2, 0.25) is 17.7 Å². The summed E-state index contributed by atoms with van der Waals surface area (Å²) in [5.41, 5.74) is 6.65. The van der Waals surface area contributed by atoms with Crippen molar-refractivity contribution in [3.63, 3.8) is 0 Å². The number of nitrogens with two attached hydrogens (primary N) is 1. The van der Waals surface area contributed by atoms with Gasteiger partial charge in [0, 0.05) is 37.7 Å². The Bertz CT molecular complexity index is 777. The van der Waals surface area contributed by atoms with Crippen molar-refractivity contribution in [3.05, 3.63) is 36.2 Å². The number of piperidine rings is 2. The first-order valence-corrected chi connectivity index (χ1v) is 9.49. The quantitative estimate of drug-likeness (QED) is 0.791. The van der Waals surface area contributed by atoms with Crippen molar-refractivity contribution in [1.29, 1.82) is 0 Å². The summed E-state index contributed by atoms with van der Waals surface area (Å²) >= 11 is 0. The van der Waals surface area contributed by atoms with E-state index in [-0.39, 0.29) is 17.7 Å². The standard InChI is InChI=1S/C20H25N4O4/c1-13(25)23-12-4-5-16(18(23)19(21)27)22-20(28)14-7-9-15(10-8-14)24-11-3-2-6-17(24)26/h5,7-10,16,18H,2-4,6,11-12H2,1H3,(H2,21,27)(H,22,28). The van der Waals surface area contributed by atoms with E-state index < -0.39 is 18.0 Å². The lowest BCUT2D eigenvalue weighted by atomic mass is 9.95. The summed E-state index contributed by atoms with van der Waals surface area (Å²) in [5, 5.41) is 2.79. The lowest BCUT2D eigenvalue weighted by Crippen LogP contribution is -2.61. The van der Waals surface area contributed by atoms with E-state index in [1.54, 1.807) is 35.6 Å². The van der Waals surface area contributed by atoms with Gasteiger partial charge in [-0.05, 0) is 49.9 Å². The second-order valence-corrected chi connectivity index (χ2v) is 7.13. The molecule has 1 aromatic carbocycles. The monoisotopic (exact) mass is 385 g/mol. The summed E-state index contributed by atoms with van der Waals surface area (Å²) in [6.07, 6.45) is 4.78. The van der Waals surface area contributed by atoms with E-state index in [9.17, 15) is 19.2 Å². The molecule has 3 rings (SSSR count). The molecule has 2 unspecified atom stereocenters. The zero-order valence-electron chi connectivity index (χ0n) is 15.9. The summed E-state index contributed by atoms with van der Waals surface area (Å²) < 4.78 is 0. The third kappa shape index (κ3) is 4.16. The van der Waals surface area contributed by atoms with Crippen molar-refractivity contribution in [2.75, 3.05) is 18.0 Å². The van der Waals surface area contributed by atoms with Gasteiger partial charge in [0.25, 0.3) is 5.91 Å². The third-order valence-electron chi connectivity index (χ3n) is 5.22. The number of nitrogens with zero attached hydrogens (tertiary/aromatic N) is 2. The lowest BCUT2D eigenvalue weighted by Gasteiger charge is -2.39. The molecule has 0 spiro atoms. The van der Waals surface area contributed by atoms with Gasteiger partial charge in [-0.25, -0.2) is 0 Å². The predicted octanol–water partition coefficient (Wildman–Crippen LogP) is 0.612. The molecular weight excluding hydrogens is 360 g/mol. The van der Waals surface area contributed by atoms with Crippen LogP contribution in [0.1, 0.15) is 43.0 Å². The van der Waals surface area contributed by atoms with Crippen molar-refractivity contribution in [2.45, 2.75) is 44.7 Å². The molecule has 2 aliphatic rings. The van der Waals surface area contributed by atoms with Crippen LogP contribution in [0.2, 0.25) is 0 Å². The fourth-order valence-electron chi connectivity index (χ4n) is 3.78. The molecule has 2 fully saturated rings. The average molecular weight is 385 g/mol. The van der Waals surface area contributed by atoms with Gasteiger partial charge in [0.1, 0.15) is 6.04 Å². The van der Waals surface area contributed by atoms with E-state index in [0.29, 0.717) is 31.5 Å². The molecule has 0 aliphatic carbocycles. The van der Waals surface area contributed by atoms with Crippen LogP contribution in [0.25, 0.3) is 0 Å². The number of carbonyl (C=O) groups is 4. The van der Waals surface area contributed by atoms with E-state index >= 15 is 0 Å². The van der Waals surface area contributed by atoms with Crippen molar-refractivity contribution in [1.82, 2.24) is 10.2 Å². The molecule has 8 heteroatoms. The van der Waals surface area contributed by atoms with Crippen LogP contribution in [0.4, 0.5) is 5.69 Å². The maximum absolute atomic E-state index is 12.6. The zero-order valence-corrected chi connectivity index (χ0v) is 15.9. The summed E-state index contributed by atoms with van der Waals surface area (Å²) in [5.74, 6) is -1.19. The molecule has 2 saturated heterocycles. The number of anilines is 1. The molecule has 0 bridgehead atoms. The maximum Gasteiger partial charge on any atom is 0.251 e. The Morgan fingerprint density at radius 2 is 1.82 bits per heavy atom. The first-order chi connectivity index (χ1) is 13.4. The number of amides is 4. The van der Waals surface area contributed by atoms with E-state index in [4.69, 9.17) is 5.73 Å². The smallest absolute Gasteiger partial charge is 0.251 e. The molecule has 8 nitrogen and oxygen atoms in total. The van der Waals surface area contributed by atoms with Gasteiger partial charge < -0.3 is 20.9 Å². The van der Waals surface area contributed by atoms with Crippen molar-refractivity contribution >= 4 is 29.3 Å². The lowest BCUT2D eigenvalue weighted by molar-refractivity contribution is -0.139. The van der Waals surface area contributed by atoms with Crippen LogP contribution in [-0.2, 0) is 14.4 Å². The number of likely N-dealkylation sites (tertiary alicyclic amines) is 1. The summed E-state index contributed by atoms with van der Waals surface area (Å²) in [4.78, 5) is 51.4. The Labute approximate surface area is 164 Å². The van der Waals surface area contributed by atoms with E-state index in [1.165, 1.54) is 11.8 Å². The fraction of sp³-hybridized carbons (Fsp3) is 0.450. The highest BCUT2D eigenvalue weighted by Gasteiger charge is 2.38. The topological polar surface area (TPSA) is 113 Å². The number of hydrogen-bond acceptors (Lipinski definition) is 4. The van der Waals surface area contributed by atoms with Gasteiger partial charge >= 0.3 is 0 Å². The number of benzene rings is 1. The molecule has 4 amide bonds. The summed E-state index contributed by atoms with van der Waals surface area (Å²) in [6, 6.07) is 5.24. The van der Waals surface area contributed by atoms with Crippen LogP contribution in [0.3, 0.4) is 0 Å². The number of rotatable bonds is 4. The van der Waals surface area contributed by atoms with Crippen LogP contribution < -0.4 is 16.0 Å². The van der Waals surface area contributed by atoms with Crippen molar-refractivity contribution < 1.29 is 19.2 Å². The summed E-state index contributed by atoms with van der Waals surface area (Å²) in [7, 11) is 0. The molecule has 0 saturated carbocycles. The van der Waals surface area contributed by atoms with Gasteiger partial charge in [-0.1, -0.05) is 0 Å². The van der Waals surface area contributed by atoms with Gasteiger partial charge in [0.15, 0.2) is 0 Å². The second kappa shape index (κ2) is 8.41. The van der Waals surface area contributed by atoms with Crippen LogP contribution in [0, 0.1) is 6.42 Å². The van der Waals surface area contributed by atoms with Gasteiger partial charge in [-0.15, -0.1) is 0 Å². The minimum absolute atomic E-state index is 0.0916. The van der Waals surface area contributed by atoms with Gasteiger partial charge in [0.05, 0.1) is 6.04 Å². The van der Waals surface area contributed by atoms with Crippen LogP contribution in [0.15, 0.2) is 24.3 Å². The SMILES string of the molecule is CC(=O)N1CC[CH]C(NC(=O)c2ccc(N3CCCCC3=O)cc2)C1C(N)=O. The second-order valence-electron chi connectivity index (χ2n) is 7.13. The molecule has 3 N–H and O–H groups in total. The molecule has 0 aromatic heterocycles. The molecule has 1 aromatic rings. The maximum atomic E-state index is 12.6. The van der Waals surface area contributed by atoms with E-state index in [0.717, 1.165) is 18.5 Å². The Balaban J connectivity index is 1.70. The molecule has 149 valence electrons. The average Bonchev–Trinajstić information content (AvgIpc) is 2.68. The normalized spacial score (nSPS) is 22.7. The Morgan fingerprint density at radius 3 is 2.43 bits per heavy atom. The molecule has 2 atom stereocenters. The Hall–Kier alpha value is -2.90. The summed E-state index contributed by atoms with van der Waals surface area (Å²) in [6.45, 7) is 2.46. The zero-order chi connectivity index (χ0) is 20.3. The minimum Gasteiger partial charge on any atom is -0.368 e. The van der Waals surface area contributed by atoms with Crippen LogP contribution in [-0.4, -0.2) is 53.7 Å². The number of nitrogens with one attached hydrogen (secondary N) is 1. The Kier molecular flexibility index (Phi) is 5.96. The van der Waals surface area contributed by atoms with Crippen LogP contribution >= 0.6 is 0 Å². The molecule has 28 heavy (non-hydrogen) atoms. The predicted molar refractivity (Wildman–Crippen MR) is 103 cm³/mol. The molecular formula is C20H25N4O4. The number of carbonyl (C=O) groups excluding carboxylic acids is 4. The Morgan fingerprint density at radius 1 is 1.11 bits per heavy atom. The number of hydrogen-bond donors (Lipinski definition) is 2. The highest BCUT2D eigenvalue weighted by Crippen LogP contribution is 2.22. The van der Waals surface area contributed by atoms with E-state index in [1.807, 2.05) is 0 Å². The first kappa shape index (κ1) is 19.9. The van der Waals surface area contributed by atoms with E-state index in [2.05, 4.69) is 5.32 Å². The van der Waals surface area contributed by atoms with Crippen molar-refractivity contribution in [2.24, 2.45) is 5.73 Å². The van der Waals surface area contributed by atoms with Crippen molar-refractivity contribution in [3.8, 4) is 0 Å². The largest absolute Gasteiger partial charge is 0.368 e. The third-order valence-corrected chi connectivity index (χ3v) is 5.22. The molecule has 2 aliphatic heterocycles. The van der Waals surface area contributed by atoms with Gasteiger partial charge in [-0.3, -0.25) is 19.2 Å². The fourth-order valence-corrected chi connectivity index (χ4v) is 3.78. The van der Waals surface area contributed by atoms with Crippen LogP contribution in [0.5, 0.6) is 0 Å². The highest BCUT2D eigenvalue weighted by molar-refractivity contribution is 5.97. The highest BCUT2D eigenvalue weighted by atomic mass is 16.2. The first-order valence-electron chi connectivity index (χ1n) is 9.49. The minimum atomic E-state index is -0.902. The van der Waals surface area contributed by atoms with Gasteiger partial charge in [-0.2, -0.15) is 0 Å². The number of primary amides is 1. The molecule has 1 radical (unpaired) electrons.